The van der Waals surface area contributed by atoms with Crippen molar-refractivity contribution in [3.63, 3.8) is 0 Å². The maximum absolute atomic E-state index is 12.6. The highest BCUT2D eigenvalue weighted by Gasteiger charge is 2.31. The third-order valence-electron chi connectivity index (χ3n) is 2.61. The Kier molecular flexibility index (Phi) is 4.50. The second-order valence-corrected chi connectivity index (χ2v) is 5.32. The molecule has 2 aromatic heterocycles. The molecule has 0 aliphatic rings. The van der Waals surface area contributed by atoms with E-state index in [1.54, 1.807) is 12.1 Å². The van der Waals surface area contributed by atoms with Crippen LogP contribution in [0.25, 0.3) is 0 Å². The van der Waals surface area contributed by atoms with Crippen molar-refractivity contribution in [3.05, 3.63) is 56.1 Å². The van der Waals surface area contributed by atoms with Crippen LogP contribution in [0.1, 0.15) is 15.3 Å². The van der Waals surface area contributed by atoms with Gasteiger partial charge in [-0.3, -0.25) is 4.79 Å². The summed E-state index contributed by atoms with van der Waals surface area (Å²) in [6, 6.07) is 5.19. The molecule has 0 atom stereocenters. The Morgan fingerprint density at radius 3 is 2.67 bits per heavy atom. The molecule has 2 heterocycles. The molecule has 0 aromatic carbocycles. The summed E-state index contributed by atoms with van der Waals surface area (Å²) < 4.78 is 39.0. The lowest BCUT2D eigenvalue weighted by Gasteiger charge is -2.09. The molecule has 0 radical (unpaired) electrons. The lowest BCUT2D eigenvalue weighted by molar-refractivity contribution is -0.138. The van der Waals surface area contributed by atoms with Crippen molar-refractivity contribution >= 4 is 11.3 Å². The fourth-order valence-corrected chi connectivity index (χ4v) is 2.54. The minimum Gasteiger partial charge on any atom is -0.320 e. The Hall–Kier alpha value is -2.04. The Balaban J connectivity index is 2.27. The average Bonchev–Trinajstić information content (AvgIpc) is 2.85. The third kappa shape index (κ3) is 3.97. The first-order valence-electron chi connectivity index (χ1n) is 5.95. The molecule has 0 amide bonds. The number of hydrogen-bond acceptors (Lipinski definition) is 3. The molecule has 0 aliphatic heterocycles. The molecule has 0 saturated carbocycles. The van der Waals surface area contributed by atoms with E-state index in [4.69, 9.17) is 5.73 Å². The third-order valence-corrected chi connectivity index (χ3v) is 3.60. The van der Waals surface area contributed by atoms with Crippen LogP contribution in [0.3, 0.4) is 0 Å². The van der Waals surface area contributed by atoms with Crippen molar-refractivity contribution < 1.29 is 13.2 Å². The lowest BCUT2D eigenvalue weighted by Crippen LogP contribution is -2.21. The van der Waals surface area contributed by atoms with Crippen LogP contribution in [0, 0.1) is 11.8 Å². The monoisotopic (exact) mass is 312 g/mol. The summed E-state index contributed by atoms with van der Waals surface area (Å²) in [5, 5.41) is 0. The Morgan fingerprint density at radius 2 is 2.00 bits per heavy atom. The number of hydrogen-bond donors (Lipinski definition) is 1. The van der Waals surface area contributed by atoms with Gasteiger partial charge in [0.1, 0.15) is 0 Å². The molecule has 3 nitrogen and oxygen atoms in total. The van der Waals surface area contributed by atoms with Crippen LogP contribution >= 0.6 is 11.3 Å². The van der Waals surface area contributed by atoms with Gasteiger partial charge in [-0.15, -0.1) is 11.3 Å². The van der Waals surface area contributed by atoms with Gasteiger partial charge in [0.25, 0.3) is 5.56 Å². The second-order valence-electron chi connectivity index (χ2n) is 4.15. The van der Waals surface area contributed by atoms with Gasteiger partial charge in [0.05, 0.1) is 23.5 Å². The van der Waals surface area contributed by atoms with Crippen LogP contribution in [0.4, 0.5) is 13.2 Å². The maximum atomic E-state index is 12.6. The van der Waals surface area contributed by atoms with Gasteiger partial charge in [-0.2, -0.15) is 13.2 Å². The van der Waals surface area contributed by atoms with Crippen molar-refractivity contribution in [2.24, 2.45) is 5.73 Å². The molecule has 0 bridgehead atoms. The van der Waals surface area contributed by atoms with E-state index in [0.717, 1.165) is 32.7 Å². The van der Waals surface area contributed by atoms with Crippen molar-refractivity contribution in [2.75, 3.05) is 6.54 Å². The normalized spacial score (nSPS) is 11.0. The first-order chi connectivity index (χ1) is 9.90. The summed E-state index contributed by atoms with van der Waals surface area (Å²) in [4.78, 5) is 13.1. The number of halogens is 3. The summed E-state index contributed by atoms with van der Waals surface area (Å²) in [5.41, 5.74) is 3.94. The smallest absolute Gasteiger partial charge is 0.320 e. The van der Waals surface area contributed by atoms with Crippen LogP contribution in [-0.2, 0) is 12.7 Å². The number of thiophene rings is 1. The van der Waals surface area contributed by atoms with Crippen LogP contribution < -0.4 is 11.3 Å². The molecular formula is C14H11F3N2OS. The highest BCUT2D eigenvalue weighted by atomic mass is 32.1. The van der Waals surface area contributed by atoms with E-state index in [0.29, 0.717) is 0 Å². The van der Waals surface area contributed by atoms with Gasteiger partial charge in [0, 0.05) is 17.1 Å². The van der Waals surface area contributed by atoms with E-state index in [1.807, 2.05) is 0 Å². The second kappa shape index (κ2) is 6.16. The summed E-state index contributed by atoms with van der Waals surface area (Å²) in [6.07, 6.45) is -3.64. The first-order valence-corrected chi connectivity index (χ1v) is 6.77. The van der Waals surface area contributed by atoms with Gasteiger partial charge in [-0.1, -0.05) is 11.8 Å². The molecule has 0 spiro atoms. The van der Waals surface area contributed by atoms with Crippen molar-refractivity contribution in [3.8, 4) is 11.8 Å². The maximum Gasteiger partial charge on any atom is 0.417 e. The molecular weight excluding hydrogens is 301 g/mol. The molecule has 0 unspecified atom stereocenters. The zero-order valence-electron chi connectivity index (χ0n) is 10.8. The SMILES string of the molecule is NCC#Cc1ccc(Cn2cc(C(F)(F)F)ccc2=O)s1. The largest absolute Gasteiger partial charge is 0.417 e. The fourth-order valence-electron chi connectivity index (χ4n) is 1.66. The Labute approximate surface area is 122 Å². The van der Waals surface area contributed by atoms with Gasteiger partial charge in [-0.25, -0.2) is 0 Å². The molecule has 2 N–H and O–H groups in total. The number of rotatable bonds is 2. The molecule has 21 heavy (non-hydrogen) atoms. The fraction of sp³-hybridized carbons (Fsp3) is 0.214. The Bertz CT molecular complexity index is 750. The number of nitrogens with zero attached hydrogens (tertiary/aromatic N) is 1. The molecule has 2 aromatic rings. The van der Waals surface area contributed by atoms with Gasteiger partial charge < -0.3 is 10.3 Å². The van der Waals surface area contributed by atoms with E-state index in [2.05, 4.69) is 11.8 Å². The summed E-state index contributed by atoms with van der Waals surface area (Å²) in [6.45, 7) is 0.318. The van der Waals surface area contributed by atoms with Gasteiger partial charge >= 0.3 is 6.18 Å². The quantitative estimate of drug-likeness (QED) is 0.865. The van der Waals surface area contributed by atoms with E-state index in [9.17, 15) is 18.0 Å². The molecule has 0 saturated heterocycles. The molecule has 2 rings (SSSR count). The zero-order chi connectivity index (χ0) is 15.5. The van der Waals surface area contributed by atoms with E-state index < -0.39 is 17.3 Å². The topological polar surface area (TPSA) is 48.0 Å². The number of pyridine rings is 1. The lowest BCUT2D eigenvalue weighted by atomic mass is 10.2. The van der Waals surface area contributed by atoms with E-state index in [-0.39, 0.29) is 13.1 Å². The molecule has 0 fully saturated rings. The predicted molar refractivity (Wildman–Crippen MR) is 75.1 cm³/mol. The molecule has 110 valence electrons. The van der Waals surface area contributed by atoms with Crippen LogP contribution in [0.5, 0.6) is 0 Å². The van der Waals surface area contributed by atoms with Crippen LogP contribution in [-0.4, -0.2) is 11.1 Å². The minimum atomic E-state index is -4.47. The van der Waals surface area contributed by atoms with E-state index >= 15 is 0 Å². The molecule has 7 heteroatoms. The summed E-state index contributed by atoms with van der Waals surface area (Å²) in [7, 11) is 0. The zero-order valence-corrected chi connectivity index (χ0v) is 11.6. The highest BCUT2D eigenvalue weighted by Crippen LogP contribution is 2.28. The van der Waals surface area contributed by atoms with Crippen molar-refractivity contribution in [2.45, 2.75) is 12.7 Å². The number of alkyl halides is 3. The number of aromatic nitrogens is 1. The minimum absolute atomic E-state index is 0.0811. The predicted octanol–water partition coefficient (Wildman–Crippen LogP) is 2.29. The Morgan fingerprint density at radius 1 is 1.24 bits per heavy atom. The van der Waals surface area contributed by atoms with E-state index in [1.165, 1.54) is 11.3 Å². The van der Waals surface area contributed by atoms with Gasteiger partial charge in [0.15, 0.2) is 0 Å². The highest BCUT2D eigenvalue weighted by molar-refractivity contribution is 7.12. The standard InChI is InChI=1S/C14H11F3N2OS/c15-14(16,17)10-3-6-13(20)19(8-10)9-12-5-4-11(21-12)2-1-7-18/h3-6,8H,7,9,18H2. The van der Waals surface area contributed by atoms with Crippen LogP contribution in [0.15, 0.2) is 35.3 Å². The summed E-state index contributed by atoms with van der Waals surface area (Å²) >= 11 is 1.32. The van der Waals surface area contributed by atoms with Gasteiger partial charge in [0.2, 0.25) is 0 Å². The first kappa shape index (κ1) is 15.4. The summed E-state index contributed by atoms with van der Waals surface area (Å²) in [5.74, 6) is 5.53. The average molecular weight is 312 g/mol. The number of nitrogens with two attached hydrogens (primary N) is 1. The molecule has 0 aliphatic carbocycles. The van der Waals surface area contributed by atoms with Gasteiger partial charge in [-0.05, 0) is 18.2 Å². The van der Waals surface area contributed by atoms with Crippen molar-refractivity contribution in [1.82, 2.24) is 4.57 Å². The van der Waals surface area contributed by atoms with Crippen molar-refractivity contribution in [1.29, 1.82) is 0 Å². The van der Waals surface area contributed by atoms with Crippen LogP contribution in [0.2, 0.25) is 0 Å².